The molecule has 0 fully saturated rings. The van der Waals surface area contributed by atoms with Crippen molar-refractivity contribution in [1.82, 2.24) is 15.6 Å². The maximum absolute atomic E-state index is 5.59. The SMILES string of the molecule is CN=C(NCCOCCC(C)C)NCc1ccnc(N(C)C)c1. The molecule has 0 unspecified atom stereocenters. The lowest BCUT2D eigenvalue weighted by Crippen LogP contribution is -2.38. The van der Waals surface area contributed by atoms with Crippen LogP contribution in [0.5, 0.6) is 0 Å². The minimum atomic E-state index is 0.685. The molecule has 0 aliphatic carbocycles. The van der Waals surface area contributed by atoms with Crippen LogP contribution in [0.4, 0.5) is 5.82 Å². The highest BCUT2D eigenvalue weighted by Crippen LogP contribution is 2.09. The Morgan fingerprint density at radius 1 is 1.30 bits per heavy atom. The van der Waals surface area contributed by atoms with E-state index >= 15 is 0 Å². The van der Waals surface area contributed by atoms with E-state index in [4.69, 9.17) is 4.74 Å². The van der Waals surface area contributed by atoms with Gasteiger partial charge in [0.25, 0.3) is 0 Å². The second-order valence-corrected chi connectivity index (χ2v) is 6.06. The number of ether oxygens (including phenoxy) is 1. The molecule has 0 amide bonds. The number of aromatic nitrogens is 1. The van der Waals surface area contributed by atoms with E-state index in [0.29, 0.717) is 19.1 Å². The summed E-state index contributed by atoms with van der Waals surface area (Å²) in [6.07, 6.45) is 2.92. The van der Waals surface area contributed by atoms with Crippen molar-refractivity contribution in [2.45, 2.75) is 26.8 Å². The van der Waals surface area contributed by atoms with Crippen molar-refractivity contribution < 1.29 is 4.74 Å². The second-order valence-electron chi connectivity index (χ2n) is 6.06. The van der Waals surface area contributed by atoms with E-state index in [0.717, 1.165) is 31.3 Å². The predicted molar refractivity (Wildman–Crippen MR) is 97.0 cm³/mol. The summed E-state index contributed by atoms with van der Waals surface area (Å²) in [5, 5.41) is 6.55. The zero-order chi connectivity index (χ0) is 17.1. The Morgan fingerprint density at radius 3 is 2.74 bits per heavy atom. The van der Waals surface area contributed by atoms with Gasteiger partial charge in [0, 0.05) is 47.0 Å². The average molecular weight is 321 g/mol. The van der Waals surface area contributed by atoms with Gasteiger partial charge in [-0.05, 0) is 30.0 Å². The number of hydrogen-bond acceptors (Lipinski definition) is 4. The van der Waals surface area contributed by atoms with Gasteiger partial charge >= 0.3 is 0 Å². The smallest absolute Gasteiger partial charge is 0.191 e. The molecule has 0 aliphatic rings. The van der Waals surface area contributed by atoms with Gasteiger partial charge in [-0.25, -0.2) is 4.98 Å². The number of nitrogens with zero attached hydrogens (tertiary/aromatic N) is 3. The van der Waals surface area contributed by atoms with Gasteiger partial charge in [0.1, 0.15) is 5.82 Å². The van der Waals surface area contributed by atoms with Crippen LogP contribution in [0, 0.1) is 5.92 Å². The van der Waals surface area contributed by atoms with Gasteiger partial charge in [0.2, 0.25) is 0 Å². The van der Waals surface area contributed by atoms with Gasteiger partial charge in [-0.15, -0.1) is 0 Å². The minimum absolute atomic E-state index is 0.685. The molecular weight excluding hydrogens is 290 g/mol. The van der Waals surface area contributed by atoms with E-state index < -0.39 is 0 Å². The molecule has 1 rings (SSSR count). The predicted octanol–water partition coefficient (Wildman–Crippen LogP) is 1.88. The van der Waals surface area contributed by atoms with Gasteiger partial charge in [0.05, 0.1) is 6.61 Å². The number of nitrogens with one attached hydrogen (secondary N) is 2. The molecule has 0 aromatic carbocycles. The van der Waals surface area contributed by atoms with Gasteiger partial charge in [0.15, 0.2) is 5.96 Å². The lowest BCUT2D eigenvalue weighted by Gasteiger charge is -2.14. The molecule has 6 heteroatoms. The van der Waals surface area contributed by atoms with Crippen molar-refractivity contribution in [3.63, 3.8) is 0 Å². The van der Waals surface area contributed by atoms with Crippen LogP contribution in [0.15, 0.2) is 23.3 Å². The van der Waals surface area contributed by atoms with E-state index in [-0.39, 0.29) is 0 Å². The molecule has 23 heavy (non-hydrogen) atoms. The normalized spacial score (nSPS) is 11.7. The van der Waals surface area contributed by atoms with Crippen LogP contribution in [0.2, 0.25) is 0 Å². The minimum Gasteiger partial charge on any atom is -0.380 e. The number of guanidine groups is 1. The number of aliphatic imine (C=N–C) groups is 1. The summed E-state index contributed by atoms with van der Waals surface area (Å²) in [4.78, 5) is 10.5. The largest absolute Gasteiger partial charge is 0.380 e. The Bertz CT molecular complexity index is 474. The topological polar surface area (TPSA) is 61.8 Å². The second kappa shape index (κ2) is 10.8. The summed E-state index contributed by atoms with van der Waals surface area (Å²) in [5.41, 5.74) is 1.17. The van der Waals surface area contributed by atoms with E-state index in [1.807, 2.05) is 31.3 Å². The molecule has 0 radical (unpaired) electrons. The first-order valence-corrected chi connectivity index (χ1v) is 8.17. The summed E-state index contributed by atoms with van der Waals surface area (Å²) in [5.74, 6) is 2.41. The van der Waals surface area contributed by atoms with E-state index in [1.165, 1.54) is 5.56 Å². The summed E-state index contributed by atoms with van der Waals surface area (Å²) in [7, 11) is 5.74. The Kier molecular flexibility index (Phi) is 9.05. The quantitative estimate of drug-likeness (QED) is 0.413. The zero-order valence-corrected chi connectivity index (χ0v) is 15.1. The first kappa shape index (κ1) is 19.2. The fourth-order valence-electron chi connectivity index (χ4n) is 1.88. The third-order valence-corrected chi connectivity index (χ3v) is 3.33. The van der Waals surface area contributed by atoms with E-state index in [2.05, 4.69) is 40.5 Å². The number of rotatable bonds is 9. The average Bonchev–Trinajstić information content (AvgIpc) is 2.53. The summed E-state index contributed by atoms with van der Waals surface area (Å²) in [6, 6.07) is 4.07. The van der Waals surface area contributed by atoms with Crippen LogP contribution < -0.4 is 15.5 Å². The van der Waals surface area contributed by atoms with Gasteiger partial charge in [-0.3, -0.25) is 4.99 Å². The standard InChI is InChI=1S/C17H31N5O/c1-14(2)7-10-23-11-9-20-17(18-3)21-13-15-6-8-19-16(12-15)22(4)5/h6,8,12,14H,7,9-11,13H2,1-5H3,(H2,18,20,21). The summed E-state index contributed by atoms with van der Waals surface area (Å²) in [6.45, 7) is 7.36. The lowest BCUT2D eigenvalue weighted by atomic mass is 10.1. The van der Waals surface area contributed by atoms with Crippen molar-refractivity contribution >= 4 is 11.8 Å². The molecule has 0 bridgehead atoms. The molecule has 0 aliphatic heterocycles. The Morgan fingerprint density at radius 2 is 2.09 bits per heavy atom. The fourth-order valence-corrected chi connectivity index (χ4v) is 1.88. The van der Waals surface area contributed by atoms with Crippen LogP contribution in [-0.2, 0) is 11.3 Å². The molecule has 2 N–H and O–H groups in total. The van der Waals surface area contributed by atoms with Crippen molar-refractivity contribution in [3.8, 4) is 0 Å². The summed E-state index contributed by atoms with van der Waals surface area (Å²) >= 11 is 0. The van der Waals surface area contributed by atoms with E-state index in [9.17, 15) is 0 Å². The van der Waals surface area contributed by atoms with Gasteiger partial charge < -0.3 is 20.3 Å². The molecule has 0 spiro atoms. The van der Waals surface area contributed by atoms with E-state index in [1.54, 1.807) is 7.05 Å². The molecule has 1 aromatic heterocycles. The van der Waals surface area contributed by atoms with Crippen molar-refractivity contribution in [3.05, 3.63) is 23.9 Å². The Labute approximate surface area is 140 Å². The molecule has 1 heterocycles. The van der Waals surface area contributed by atoms with Crippen LogP contribution in [-0.4, -0.2) is 51.8 Å². The van der Waals surface area contributed by atoms with Crippen LogP contribution >= 0.6 is 0 Å². The third-order valence-electron chi connectivity index (χ3n) is 3.33. The van der Waals surface area contributed by atoms with Crippen molar-refractivity contribution in [2.24, 2.45) is 10.9 Å². The third kappa shape index (κ3) is 8.40. The van der Waals surface area contributed by atoms with Crippen LogP contribution in [0.3, 0.4) is 0 Å². The van der Waals surface area contributed by atoms with Crippen LogP contribution in [0.25, 0.3) is 0 Å². The maximum atomic E-state index is 5.59. The van der Waals surface area contributed by atoms with Crippen molar-refractivity contribution in [2.75, 3.05) is 45.8 Å². The first-order chi connectivity index (χ1) is 11.0. The number of hydrogen-bond donors (Lipinski definition) is 2. The van der Waals surface area contributed by atoms with Crippen LogP contribution in [0.1, 0.15) is 25.8 Å². The highest BCUT2D eigenvalue weighted by molar-refractivity contribution is 5.79. The highest BCUT2D eigenvalue weighted by atomic mass is 16.5. The van der Waals surface area contributed by atoms with Gasteiger partial charge in [-0.2, -0.15) is 0 Å². The number of anilines is 1. The molecule has 1 aromatic rings. The van der Waals surface area contributed by atoms with Crippen molar-refractivity contribution in [1.29, 1.82) is 0 Å². The fraction of sp³-hybridized carbons (Fsp3) is 0.647. The first-order valence-electron chi connectivity index (χ1n) is 8.17. The molecule has 0 saturated heterocycles. The zero-order valence-electron chi connectivity index (χ0n) is 15.1. The number of pyridine rings is 1. The Hall–Kier alpha value is -1.82. The van der Waals surface area contributed by atoms with Gasteiger partial charge in [-0.1, -0.05) is 13.8 Å². The highest BCUT2D eigenvalue weighted by Gasteiger charge is 2.01. The monoisotopic (exact) mass is 321 g/mol. The maximum Gasteiger partial charge on any atom is 0.191 e. The lowest BCUT2D eigenvalue weighted by molar-refractivity contribution is 0.128. The summed E-state index contributed by atoms with van der Waals surface area (Å²) < 4.78 is 5.59. The Balaban J connectivity index is 2.27. The molecule has 0 saturated carbocycles. The molecule has 130 valence electrons. The molecule has 6 nitrogen and oxygen atoms in total. The molecule has 0 atom stereocenters. The molecular formula is C17H31N5O.